The van der Waals surface area contributed by atoms with Gasteiger partial charge in [0.15, 0.2) is 11.5 Å². The van der Waals surface area contributed by atoms with Gasteiger partial charge >= 0.3 is 0 Å². The highest BCUT2D eigenvalue weighted by atomic mass is 32.1. The van der Waals surface area contributed by atoms with E-state index >= 15 is 0 Å². The van der Waals surface area contributed by atoms with Gasteiger partial charge in [0, 0.05) is 18.0 Å². The average molecular weight is 467 g/mol. The molecule has 0 amide bonds. The Morgan fingerprint density at radius 2 is 2.03 bits per heavy atom. The van der Waals surface area contributed by atoms with Crippen molar-refractivity contribution in [3.05, 3.63) is 40.0 Å². The number of benzene rings is 1. The highest BCUT2D eigenvalue weighted by Crippen LogP contribution is 2.41. The third-order valence-corrected chi connectivity index (χ3v) is 8.07. The first kappa shape index (κ1) is 21.1. The lowest BCUT2D eigenvalue weighted by molar-refractivity contribution is 0.0331. The molecule has 7 nitrogen and oxygen atoms in total. The van der Waals surface area contributed by atoms with Crippen molar-refractivity contribution in [2.45, 2.75) is 45.7 Å². The van der Waals surface area contributed by atoms with E-state index in [9.17, 15) is 0 Å². The van der Waals surface area contributed by atoms with Gasteiger partial charge in [-0.1, -0.05) is 13.0 Å². The van der Waals surface area contributed by atoms with Crippen LogP contribution >= 0.6 is 11.3 Å². The lowest BCUT2D eigenvalue weighted by Gasteiger charge is -2.26. The molecule has 4 heterocycles. The molecule has 3 aromatic rings. The van der Waals surface area contributed by atoms with Crippen LogP contribution in [-0.2, 0) is 24.1 Å². The van der Waals surface area contributed by atoms with Crippen molar-refractivity contribution in [1.29, 1.82) is 0 Å². The summed E-state index contributed by atoms with van der Waals surface area (Å²) in [5, 5.41) is 4.96. The Morgan fingerprint density at radius 1 is 1.18 bits per heavy atom. The predicted molar refractivity (Wildman–Crippen MR) is 129 cm³/mol. The molecule has 2 atom stereocenters. The Bertz CT molecular complexity index is 1170. The van der Waals surface area contributed by atoms with Crippen LogP contribution in [0.5, 0.6) is 11.5 Å². The second kappa shape index (κ2) is 8.74. The van der Waals surface area contributed by atoms with E-state index in [1.54, 1.807) is 0 Å². The molecule has 1 saturated heterocycles. The van der Waals surface area contributed by atoms with E-state index in [0.29, 0.717) is 0 Å². The second-order valence-corrected chi connectivity index (χ2v) is 10.5. The Balaban J connectivity index is 1.36. The summed E-state index contributed by atoms with van der Waals surface area (Å²) in [6.07, 6.45) is 3.48. The van der Waals surface area contributed by atoms with Gasteiger partial charge in [0.25, 0.3) is 0 Å². The van der Waals surface area contributed by atoms with Gasteiger partial charge in [-0.25, -0.2) is 9.97 Å². The van der Waals surface area contributed by atoms with Gasteiger partial charge in [0.2, 0.25) is 6.79 Å². The van der Waals surface area contributed by atoms with Gasteiger partial charge in [-0.05, 0) is 55.4 Å². The largest absolute Gasteiger partial charge is 0.454 e. The molecule has 0 unspecified atom stereocenters. The minimum atomic E-state index is 0.0758. The average Bonchev–Trinajstić information content (AvgIpc) is 3.43. The number of thiophene rings is 1. The molecule has 1 aliphatic carbocycles. The number of ether oxygens (including phenoxy) is 3. The smallest absolute Gasteiger partial charge is 0.231 e. The maximum absolute atomic E-state index is 5.60. The summed E-state index contributed by atoms with van der Waals surface area (Å²) in [5.41, 5.74) is 2.60. The quantitative estimate of drug-likeness (QED) is 0.592. The molecule has 1 N–H and O–H groups in total. The van der Waals surface area contributed by atoms with Gasteiger partial charge in [-0.15, -0.1) is 11.3 Å². The van der Waals surface area contributed by atoms with E-state index in [1.165, 1.54) is 22.2 Å². The van der Waals surface area contributed by atoms with Crippen molar-refractivity contribution in [2.75, 3.05) is 38.4 Å². The number of aryl methyl sites for hydroxylation is 1. The molecule has 0 saturated carbocycles. The standard InChI is InChI=1S/C25H30N4O3S/c1-15-3-5-18-21(11-15)33-25-23(18)24(27-22(28-25)13-29-7-9-30-10-8-29)26-16(2)17-4-6-19-20(12-17)32-14-31-19/h4,6,12,15-16H,3,5,7-11,13-14H2,1-2H3,(H,26,27,28)/t15-,16+/m0/s1. The fraction of sp³-hybridized carbons (Fsp3) is 0.520. The summed E-state index contributed by atoms with van der Waals surface area (Å²) in [6, 6.07) is 6.23. The van der Waals surface area contributed by atoms with Crippen LogP contribution in [0.3, 0.4) is 0 Å². The van der Waals surface area contributed by atoms with Crippen molar-refractivity contribution >= 4 is 27.4 Å². The molecule has 33 heavy (non-hydrogen) atoms. The van der Waals surface area contributed by atoms with Crippen molar-refractivity contribution in [1.82, 2.24) is 14.9 Å². The number of rotatable bonds is 5. The number of anilines is 1. The Morgan fingerprint density at radius 3 is 2.91 bits per heavy atom. The molecule has 1 aromatic carbocycles. The molecule has 0 spiro atoms. The van der Waals surface area contributed by atoms with E-state index in [2.05, 4.69) is 36.2 Å². The van der Waals surface area contributed by atoms with Crippen LogP contribution in [-0.4, -0.2) is 48.0 Å². The molecular formula is C25H30N4O3S. The zero-order valence-electron chi connectivity index (χ0n) is 19.2. The van der Waals surface area contributed by atoms with Crippen molar-refractivity contribution < 1.29 is 14.2 Å². The first-order valence-corrected chi connectivity index (χ1v) is 12.7. The zero-order valence-corrected chi connectivity index (χ0v) is 20.0. The minimum absolute atomic E-state index is 0.0758. The topological polar surface area (TPSA) is 68.7 Å². The molecule has 8 heteroatoms. The van der Waals surface area contributed by atoms with Crippen LogP contribution in [0, 0.1) is 5.92 Å². The highest BCUT2D eigenvalue weighted by Gasteiger charge is 2.25. The number of nitrogens with zero attached hydrogens (tertiary/aromatic N) is 3. The Labute approximate surface area is 198 Å². The van der Waals surface area contributed by atoms with Gasteiger partial charge in [-0.2, -0.15) is 0 Å². The third kappa shape index (κ3) is 4.16. The van der Waals surface area contributed by atoms with Crippen molar-refractivity contribution in [3.63, 3.8) is 0 Å². The van der Waals surface area contributed by atoms with Crippen LogP contribution in [0.15, 0.2) is 18.2 Å². The fourth-order valence-corrected chi connectivity index (χ4v) is 6.39. The lowest BCUT2D eigenvalue weighted by atomic mass is 9.89. The molecule has 6 rings (SSSR count). The normalized spacial score (nSPS) is 21.2. The number of nitrogens with one attached hydrogen (secondary N) is 1. The van der Waals surface area contributed by atoms with Gasteiger partial charge < -0.3 is 19.5 Å². The van der Waals surface area contributed by atoms with Gasteiger partial charge in [-0.3, -0.25) is 4.90 Å². The fourth-order valence-electron chi connectivity index (χ4n) is 4.99. The zero-order chi connectivity index (χ0) is 22.4. The molecule has 174 valence electrons. The molecule has 0 radical (unpaired) electrons. The van der Waals surface area contributed by atoms with Crippen molar-refractivity contribution in [2.24, 2.45) is 5.92 Å². The summed E-state index contributed by atoms with van der Waals surface area (Å²) < 4.78 is 16.6. The minimum Gasteiger partial charge on any atom is -0.454 e. The molecular weight excluding hydrogens is 436 g/mol. The summed E-state index contributed by atoms with van der Waals surface area (Å²) >= 11 is 1.86. The Kier molecular flexibility index (Phi) is 5.60. The predicted octanol–water partition coefficient (Wildman–Crippen LogP) is 4.55. The number of aromatic nitrogens is 2. The summed E-state index contributed by atoms with van der Waals surface area (Å²) in [4.78, 5) is 15.1. The lowest BCUT2D eigenvalue weighted by Crippen LogP contribution is -2.36. The van der Waals surface area contributed by atoms with Crippen LogP contribution in [0.2, 0.25) is 0 Å². The first-order chi connectivity index (χ1) is 16.1. The molecule has 0 bridgehead atoms. The van der Waals surface area contributed by atoms with Crippen LogP contribution < -0.4 is 14.8 Å². The van der Waals surface area contributed by atoms with Crippen LogP contribution in [0.1, 0.15) is 48.1 Å². The number of fused-ring (bicyclic) bond motifs is 4. The van der Waals surface area contributed by atoms with E-state index < -0.39 is 0 Å². The molecule has 2 aliphatic heterocycles. The molecule has 3 aliphatic rings. The van der Waals surface area contributed by atoms with E-state index in [4.69, 9.17) is 24.2 Å². The SMILES string of the molecule is C[C@H]1CCc2c(sc3nc(CN4CCOCC4)nc(N[C@H](C)c4ccc5c(c4)OCO5)c23)C1. The maximum Gasteiger partial charge on any atom is 0.231 e. The van der Waals surface area contributed by atoms with E-state index in [0.717, 1.165) is 85.1 Å². The van der Waals surface area contributed by atoms with Gasteiger partial charge in [0.05, 0.1) is 31.2 Å². The van der Waals surface area contributed by atoms with Crippen molar-refractivity contribution in [3.8, 4) is 11.5 Å². The second-order valence-electron chi connectivity index (χ2n) is 9.39. The number of hydrogen-bond donors (Lipinski definition) is 1. The summed E-state index contributed by atoms with van der Waals surface area (Å²) in [7, 11) is 0. The Hall–Kier alpha value is -2.42. The third-order valence-electron chi connectivity index (χ3n) is 6.92. The molecule has 2 aromatic heterocycles. The highest BCUT2D eigenvalue weighted by molar-refractivity contribution is 7.19. The molecule has 1 fully saturated rings. The monoisotopic (exact) mass is 466 g/mol. The van der Waals surface area contributed by atoms with Gasteiger partial charge in [0.1, 0.15) is 16.5 Å². The first-order valence-electron chi connectivity index (χ1n) is 11.9. The number of morpholine rings is 1. The van der Waals surface area contributed by atoms with Crippen LogP contribution in [0.4, 0.5) is 5.82 Å². The van der Waals surface area contributed by atoms with E-state index in [1.807, 2.05) is 17.4 Å². The summed E-state index contributed by atoms with van der Waals surface area (Å²) in [5.74, 6) is 4.19. The van der Waals surface area contributed by atoms with E-state index in [-0.39, 0.29) is 12.8 Å². The number of hydrogen-bond acceptors (Lipinski definition) is 8. The van der Waals surface area contributed by atoms with Crippen LogP contribution in [0.25, 0.3) is 10.2 Å². The summed E-state index contributed by atoms with van der Waals surface area (Å²) in [6.45, 7) is 8.98. The maximum atomic E-state index is 5.60.